The zero-order valence-corrected chi connectivity index (χ0v) is 12.4. The van der Waals surface area contributed by atoms with E-state index in [1.807, 2.05) is 0 Å². The monoisotopic (exact) mass is 336 g/mol. The Morgan fingerprint density at radius 1 is 1.52 bits per heavy atom. The van der Waals surface area contributed by atoms with Gasteiger partial charge in [-0.1, -0.05) is 11.6 Å². The molecule has 1 N–H and O–H groups in total. The molecule has 0 bridgehead atoms. The minimum Gasteiger partial charge on any atom is -0.394 e. The number of halogens is 1. The Hall–Kier alpha value is -1.26. The normalized spacial score (nSPS) is 20.4. The highest BCUT2D eigenvalue weighted by atomic mass is 35.5. The van der Waals surface area contributed by atoms with Crippen molar-refractivity contribution in [3.8, 4) is 0 Å². The number of hydrogen-bond acceptors (Lipinski definition) is 6. The standard InChI is InChI=1S/C11H13ClN2O6S/c12-10-2-1-9(5-11(10)14(16)17)21(18,19)13-3-4-20-8(6-13)7-15/h1-2,5,8,15H,3-4,6-7H2. The Morgan fingerprint density at radius 3 is 2.86 bits per heavy atom. The Bertz CT molecular complexity index is 650. The van der Waals surface area contributed by atoms with Crippen molar-refractivity contribution in [1.82, 2.24) is 4.31 Å². The van der Waals surface area contributed by atoms with E-state index < -0.39 is 26.7 Å². The van der Waals surface area contributed by atoms with Crippen molar-refractivity contribution in [3.63, 3.8) is 0 Å². The van der Waals surface area contributed by atoms with E-state index in [4.69, 9.17) is 21.4 Å². The molecule has 10 heteroatoms. The third kappa shape index (κ3) is 3.33. The van der Waals surface area contributed by atoms with Crippen molar-refractivity contribution in [2.75, 3.05) is 26.3 Å². The number of nitro groups is 1. The molecule has 1 unspecified atom stereocenters. The van der Waals surface area contributed by atoms with Crippen LogP contribution in [0.1, 0.15) is 0 Å². The zero-order valence-electron chi connectivity index (χ0n) is 10.8. The molecule has 0 aromatic heterocycles. The number of aliphatic hydroxyl groups is 1. The van der Waals surface area contributed by atoms with Gasteiger partial charge in [-0.3, -0.25) is 10.1 Å². The molecular formula is C11H13ClN2O6S. The van der Waals surface area contributed by atoms with Crippen LogP contribution in [0.4, 0.5) is 5.69 Å². The average molecular weight is 337 g/mol. The molecule has 2 rings (SSSR count). The van der Waals surface area contributed by atoms with Crippen molar-refractivity contribution in [2.24, 2.45) is 0 Å². The summed E-state index contributed by atoms with van der Waals surface area (Å²) in [5, 5.41) is 19.7. The summed E-state index contributed by atoms with van der Waals surface area (Å²) in [6.07, 6.45) is -0.601. The lowest BCUT2D eigenvalue weighted by molar-refractivity contribution is -0.384. The molecule has 0 aliphatic carbocycles. The fraction of sp³-hybridized carbons (Fsp3) is 0.455. The first-order valence-corrected chi connectivity index (χ1v) is 7.84. The Morgan fingerprint density at radius 2 is 2.24 bits per heavy atom. The van der Waals surface area contributed by atoms with Gasteiger partial charge < -0.3 is 9.84 Å². The minimum absolute atomic E-state index is 0.00470. The summed E-state index contributed by atoms with van der Waals surface area (Å²) in [5.74, 6) is 0. The maximum absolute atomic E-state index is 12.5. The van der Waals surface area contributed by atoms with Gasteiger partial charge in [-0.2, -0.15) is 4.31 Å². The molecule has 1 saturated heterocycles. The zero-order chi connectivity index (χ0) is 15.6. The predicted octanol–water partition coefficient (Wildman–Crippen LogP) is 0.630. The van der Waals surface area contributed by atoms with Crippen LogP contribution in [0.5, 0.6) is 0 Å². The fourth-order valence-electron chi connectivity index (χ4n) is 1.96. The Balaban J connectivity index is 2.35. The van der Waals surface area contributed by atoms with Crippen molar-refractivity contribution < 1.29 is 23.2 Å². The van der Waals surface area contributed by atoms with Crippen LogP contribution < -0.4 is 0 Å². The van der Waals surface area contributed by atoms with Gasteiger partial charge in [0.25, 0.3) is 5.69 Å². The molecule has 0 radical (unpaired) electrons. The first-order chi connectivity index (χ1) is 9.86. The van der Waals surface area contributed by atoms with Crippen LogP contribution in [-0.2, 0) is 14.8 Å². The van der Waals surface area contributed by atoms with E-state index in [9.17, 15) is 18.5 Å². The van der Waals surface area contributed by atoms with Gasteiger partial charge in [-0.25, -0.2) is 8.42 Å². The van der Waals surface area contributed by atoms with Crippen molar-refractivity contribution in [3.05, 3.63) is 33.3 Å². The maximum Gasteiger partial charge on any atom is 0.289 e. The van der Waals surface area contributed by atoms with Crippen LogP contribution in [0.3, 0.4) is 0 Å². The van der Waals surface area contributed by atoms with Gasteiger partial charge in [0.1, 0.15) is 5.02 Å². The fourth-order valence-corrected chi connectivity index (χ4v) is 3.63. The molecule has 21 heavy (non-hydrogen) atoms. The summed E-state index contributed by atoms with van der Waals surface area (Å²) < 4.78 is 31.2. The van der Waals surface area contributed by atoms with E-state index in [0.29, 0.717) is 0 Å². The van der Waals surface area contributed by atoms with Crippen molar-refractivity contribution in [2.45, 2.75) is 11.0 Å². The van der Waals surface area contributed by atoms with Gasteiger partial charge in [-0.05, 0) is 12.1 Å². The van der Waals surface area contributed by atoms with E-state index in [0.717, 1.165) is 10.4 Å². The number of hydrogen-bond donors (Lipinski definition) is 1. The van der Waals surface area contributed by atoms with E-state index in [1.54, 1.807) is 0 Å². The number of rotatable bonds is 4. The second-order valence-electron chi connectivity index (χ2n) is 4.41. The number of benzene rings is 1. The van der Waals surface area contributed by atoms with Crippen LogP contribution in [0, 0.1) is 10.1 Å². The van der Waals surface area contributed by atoms with Gasteiger partial charge in [-0.15, -0.1) is 0 Å². The molecule has 1 aliphatic heterocycles. The average Bonchev–Trinajstić information content (AvgIpc) is 2.47. The topological polar surface area (TPSA) is 110 Å². The lowest BCUT2D eigenvalue weighted by Crippen LogP contribution is -2.46. The summed E-state index contributed by atoms with van der Waals surface area (Å²) >= 11 is 5.67. The van der Waals surface area contributed by atoms with Gasteiger partial charge in [0.05, 0.1) is 29.1 Å². The lowest BCUT2D eigenvalue weighted by atomic mass is 10.3. The van der Waals surface area contributed by atoms with E-state index in [1.165, 1.54) is 12.1 Å². The third-order valence-corrected chi connectivity index (χ3v) is 5.24. The first-order valence-electron chi connectivity index (χ1n) is 6.03. The van der Waals surface area contributed by atoms with Crippen molar-refractivity contribution >= 4 is 27.3 Å². The highest BCUT2D eigenvalue weighted by Gasteiger charge is 2.31. The van der Waals surface area contributed by atoms with Crippen LogP contribution in [0.2, 0.25) is 5.02 Å². The van der Waals surface area contributed by atoms with Crippen LogP contribution >= 0.6 is 11.6 Å². The highest BCUT2D eigenvalue weighted by Crippen LogP contribution is 2.29. The summed E-state index contributed by atoms with van der Waals surface area (Å²) in [6.45, 7) is -0.0303. The predicted molar refractivity (Wildman–Crippen MR) is 73.7 cm³/mol. The van der Waals surface area contributed by atoms with Gasteiger partial charge in [0, 0.05) is 19.2 Å². The quantitative estimate of drug-likeness (QED) is 0.638. The summed E-state index contributed by atoms with van der Waals surface area (Å²) in [7, 11) is -3.90. The van der Waals surface area contributed by atoms with Gasteiger partial charge in [0.2, 0.25) is 10.0 Å². The van der Waals surface area contributed by atoms with Crippen LogP contribution in [-0.4, -0.2) is 55.2 Å². The summed E-state index contributed by atoms with van der Waals surface area (Å²) in [4.78, 5) is 9.89. The van der Waals surface area contributed by atoms with Crippen molar-refractivity contribution in [1.29, 1.82) is 0 Å². The SMILES string of the molecule is O=[N+]([O-])c1cc(S(=O)(=O)N2CCOC(CO)C2)ccc1Cl. The third-order valence-electron chi connectivity index (χ3n) is 3.06. The van der Waals surface area contributed by atoms with Gasteiger partial charge in [0.15, 0.2) is 0 Å². The molecule has 0 amide bonds. The molecule has 8 nitrogen and oxygen atoms in total. The molecule has 1 aromatic rings. The number of aliphatic hydroxyl groups excluding tert-OH is 1. The molecule has 0 saturated carbocycles. The second kappa shape index (κ2) is 6.24. The van der Waals surface area contributed by atoms with Crippen LogP contribution in [0.25, 0.3) is 0 Å². The highest BCUT2D eigenvalue weighted by molar-refractivity contribution is 7.89. The second-order valence-corrected chi connectivity index (χ2v) is 6.75. The number of nitro benzene ring substituents is 1. The van der Waals surface area contributed by atoms with E-state index >= 15 is 0 Å². The minimum atomic E-state index is -3.90. The molecule has 1 aromatic carbocycles. The van der Waals surface area contributed by atoms with E-state index in [2.05, 4.69) is 0 Å². The molecule has 1 atom stereocenters. The van der Waals surface area contributed by atoms with E-state index in [-0.39, 0.29) is 36.2 Å². The summed E-state index contributed by atoms with van der Waals surface area (Å²) in [5.41, 5.74) is -0.468. The summed E-state index contributed by atoms with van der Waals surface area (Å²) in [6, 6.07) is 3.33. The Kier molecular flexibility index (Phi) is 4.79. The van der Waals surface area contributed by atoms with Crippen LogP contribution in [0.15, 0.2) is 23.1 Å². The molecule has 1 aliphatic rings. The molecule has 0 spiro atoms. The maximum atomic E-state index is 12.5. The molecule has 1 heterocycles. The first kappa shape index (κ1) is 16.1. The van der Waals surface area contributed by atoms with Gasteiger partial charge >= 0.3 is 0 Å². The lowest BCUT2D eigenvalue weighted by Gasteiger charge is -2.31. The Labute approximate surface area is 126 Å². The molecular weight excluding hydrogens is 324 g/mol. The number of morpholine rings is 1. The molecule has 1 fully saturated rings. The number of nitrogens with zero attached hydrogens (tertiary/aromatic N) is 2. The number of ether oxygens (including phenoxy) is 1. The molecule has 116 valence electrons. The smallest absolute Gasteiger partial charge is 0.289 e. The largest absolute Gasteiger partial charge is 0.394 e. The number of sulfonamides is 1.